The standard InChI is InChI=1S/C15H11N5O2S/c21-14(22)12-6-2-1-4-10(12)9-17-20-13(18-19-15(20)23)11-5-3-7-16-8-11/h1-9H,(H,19,23)(H,21,22)/b17-9+. The first-order chi connectivity index (χ1) is 11.2. The van der Waals surface area contributed by atoms with Crippen LogP contribution in [0.1, 0.15) is 15.9 Å². The second kappa shape index (κ2) is 6.32. The van der Waals surface area contributed by atoms with Crippen molar-refractivity contribution in [3.63, 3.8) is 0 Å². The van der Waals surface area contributed by atoms with Crippen LogP contribution < -0.4 is 0 Å². The molecule has 0 saturated heterocycles. The Morgan fingerprint density at radius 2 is 2.13 bits per heavy atom. The fourth-order valence-corrected chi connectivity index (χ4v) is 2.18. The van der Waals surface area contributed by atoms with Crippen LogP contribution in [0.4, 0.5) is 0 Å². The number of carbonyl (C=O) groups is 1. The molecular formula is C15H11N5O2S. The van der Waals surface area contributed by atoms with E-state index >= 15 is 0 Å². The highest BCUT2D eigenvalue weighted by Gasteiger charge is 2.09. The lowest BCUT2D eigenvalue weighted by Crippen LogP contribution is -2.02. The van der Waals surface area contributed by atoms with E-state index in [1.165, 1.54) is 17.0 Å². The highest BCUT2D eigenvalue weighted by molar-refractivity contribution is 7.71. The smallest absolute Gasteiger partial charge is 0.336 e. The average molecular weight is 325 g/mol. The Balaban J connectivity index is 2.04. The van der Waals surface area contributed by atoms with Crippen molar-refractivity contribution in [2.24, 2.45) is 5.10 Å². The summed E-state index contributed by atoms with van der Waals surface area (Å²) in [6.45, 7) is 0. The molecule has 3 rings (SSSR count). The first-order valence-electron chi connectivity index (χ1n) is 6.61. The van der Waals surface area contributed by atoms with E-state index in [-0.39, 0.29) is 5.56 Å². The number of hydrogen-bond donors (Lipinski definition) is 2. The van der Waals surface area contributed by atoms with Gasteiger partial charge in [-0.2, -0.15) is 14.9 Å². The number of benzene rings is 1. The van der Waals surface area contributed by atoms with Crippen molar-refractivity contribution in [1.82, 2.24) is 19.9 Å². The summed E-state index contributed by atoms with van der Waals surface area (Å²) >= 11 is 5.17. The molecule has 0 unspecified atom stereocenters. The molecule has 0 aliphatic carbocycles. The number of carboxylic acid groups (broad SMARTS) is 1. The monoisotopic (exact) mass is 325 g/mol. The maximum Gasteiger partial charge on any atom is 0.336 e. The fourth-order valence-electron chi connectivity index (χ4n) is 2.00. The van der Waals surface area contributed by atoms with Gasteiger partial charge in [0.05, 0.1) is 11.8 Å². The fraction of sp³-hybridized carbons (Fsp3) is 0. The summed E-state index contributed by atoms with van der Waals surface area (Å²) in [5.41, 5.74) is 1.37. The van der Waals surface area contributed by atoms with E-state index in [0.717, 1.165) is 5.56 Å². The van der Waals surface area contributed by atoms with Crippen LogP contribution in [0.2, 0.25) is 0 Å². The molecule has 0 aliphatic heterocycles. The van der Waals surface area contributed by atoms with Crippen molar-refractivity contribution in [2.75, 3.05) is 0 Å². The van der Waals surface area contributed by atoms with E-state index in [0.29, 0.717) is 16.2 Å². The Morgan fingerprint density at radius 3 is 2.87 bits per heavy atom. The minimum absolute atomic E-state index is 0.161. The average Bonchev–Trinajstić information content (AvgIpc) is 2.94. The Bertz CT molecular complexity index is 930. The predicted molar refractivity (Wildman–Crippen MR) is 87.0 cm³/mol. The first-order valence-corrected chi connectivity index (χ1v) is 7.02. The molecule has 2 heterocycles. The largest absolute Gasteiger partial charge is 0.478 e. The third kappa shape index (κ3) is 3.06. The summed E-state index contributed by atoms with van der Waals surface area (Å²) in [4.78, 5) is 15.3. The number of aromatic carboxylic acids is 1. The highest BCUT2D eigenvalue weighted by atomic mass is 32.1. The molecule has 0 amide bonds. The molecule has 0 aliphatic rings. The Labute approximate surface area is 136 Å². The summed E-state index contributed by atoms with van der Waals surface area (Å²) in [5.74, 6) is -0.525. The zero-order valence-electron chi connectivity index (χ0n) is 11.7. The molecule has 23 heavy (non-hydrogen) atoms. The number of nitrogens with one attached hydrogen (secondary N) is 1. The van der Waals surface area contributed by atoms with Gasteiger partial charge in [0.1, 0.15) is 0 Å². The SMILES string of the molecule is O=C(O)c1ccccc1/C=N/n1c(-c2cccnc2)n[nH]c1=S. The maximum atomic E-state index is 11.2. The topological polar surface area (TPSA) is 96.2 Å². The molecule has 0 fully saturated rings. The van der Waals surface area contributed by atoms with E-state index < -0.39 is 5.97 Å². The van der Waals surface area contributed by atoms with Gasteiger partial charge in [-0.3, -0.25) is 4.98 Å². The number of pyridine rings is 1. The van der Waals surface area contributed by atoms with Crippen LogP contribution >= 0.6 is 12.2 Å². The van der Waals surface area contributed by atoms with Gasteiger partial charge < -0.3 is 5.11 Å². The van der Waals surface area contributed by atoms with Crippen LogP contribution in [0, 0.1) is 4.77 Å². The van der Waals surface area contributed by atoms with Gasteiger partial charge in [-0.15, -0.1) is 0 Å². The summed E-state index contributed by atoms with van der Waals surface area (Å²) in [6.07, 6.45) is 4.73. The van der Waals surface area contributed by atoms with Gasteiger partial charge in [-0.1, -0.05) is 18.2 Å². The molecule has 2 aromatic heterocycles. The molecule has 8 heteroatoms. The molecule has 3 aromatic rings. The van der Waals surface area contributed by atoms with Gasteiger partial charge in [0.2, 0.25) is 4.77 Å². The van der Waals surface area contributed by atoms with Crippen LogP contribution in [0.15, 0.2) is 53.9 Å². The van der Waals surface area contributed by atoms with Crippen LogP contribution in [-0.4, -0.2) is 37.1 Å². The van der Waals surface area contributed by atoms with E-state index in [9.17, 15) is 9.90 Å². The second-order valence-corrected chi connectivity index (χ2v) is 4.93. The number of hydrogen-bond acceptors (Lipinski definition) is 5. The van der Waals surface area contributed by atoms with E-state index in [1.54, 1.807) is 36.7 Å². The number of carboxylic acids is 1. The molecule has 2 N–H and O–H groups in total. The summed E-state index contributed by atoms with van der Waals surface area (Å²) in [6, 6.07) is 10.2. The summed E-state index contributed by atoms with van der Waals surface area (Å²) < 4.78 is 1.72. The van der Waals surface area contributed by atoms with Crippen LogP contribution in [-0.2, 0) is 0 Å². The van der Waals surface area contributed by atoms with Crippen molar-refractivity contribution in [3.05, 3.63) is 64.7 Å². The third-order valence-electron chi connectivity index (χ3n) is 3.07. The third-order valence-corrected chi connectivity index (χ3v) is 3.34. The second-order valence-electron chi connectivity index (χ2n) is 4.54. The zero-order chi connectivity index (χ0) is 16.2. The number of rotatable bonds is 4. The van der Waals surface area contributed by atoms with Gasteiger partial charge in [-0.25, -0.2) is 9.89 Å². The van der Waals surface area contributed by atoms with Crippen LogP contribution in [0.5, 0.6) is 0 Å². The van der Waals surface area contributed by atoms with Crippen LogP contribution in [0.3, 0.4) is 0 Å². The molecule has 0 bridgehead atoms. The van der Waals surface area contributed by atoms with Crippen molar-refractivity contribution in [1.29, 1.82) is 0 Å². The number of aromatic amines is 1. The minimum atomic E-state index is -1.02. The first kappa shape index (κ1) is 14.8. The lowest BCUT2D eigenvalue weighted by molar-refractivity contribution is 0.0697. The molecule has 1 aromatic carbocycles. The van der Waals surface area contributed by atoms with E-state index in [4.69, 9.17) is 12.2 Å². The van der Waals surface area contributed by atoms with Gasteiger partial charge in [-0.05, 0) is 30.4 Å². The lowest BCUT2D eigenvalue weighted by atomic mass is 10.1. The zero-order valence-corrected chi connectivity index (χ0v) is 12.6. The quantitative estimate of drug-likeness (QED) is 0.568. The number of H-pyrrole nitrogens is 1. The minimum Gasteiger partial charge on any atom is -0.478 e. The normalized spacial score (nSPS) is 11.0. The molecule has 0 atom stereocenters. The van der Waals surface area contributed by atoms with E-state index in [1.807, 2.05) is 6.07 Å². The number of aromatic nitrogens is 4. The lowest BCUT2D eigenvalue weighted by Gasteiger charge is -2.02. The molecular weight excluding hydrogens is 314 g/mol. The Kier molecular flexibility index (Phi) is 4.07. The van der Waals surface area contributed by atoms with E-state index in [2.05, 4.69) is 20.3 Å². The van der Waals surface area contributed by atoms with Crippen molar-refractivity contribution in [3.8, 4) is 11.4 Å². The molecule has 0 radical (unpaired) electrons. The summed E-state index contributed by atoms with van der Waals surface area (Å²) in [5, 5.41) is 20.3. The van der Waals surface area contributed by atoms with Crippen molar-refractivity contribution >= 4 is 24.4 Å². The molecule has 7 nitrogen and oxygen atoms in total. The van der Waals surface area contributed by atoms with Crippen molar-refractivity contribution < 1.29 is 9.90 Å². The van der Waals surface area contributed by atoms with Gasteiger partial charge >= 0.3 is 5.97 Å². The Hall–Kier alpha value is -3.13. The van der Waals surface area contributed by atoms with Gasteiger partial charge in [0.25, 0.3) is 0 Å². The summed E-state index contributed by atoms with van der Waals surface area (Å²) in [7, 11) is 0. The highest BCUT2D eigenvalue weighted by Crippen LogP contribution is 2.15. The Morgan fingerprint density at radius 1 is 1.30 bits per heavy atom. The number of nitrogens with zero attached hydrogens (tertiary/aromatic N) is 4. The molecule has 0 saturated carbocycles. The van der Waals surface area contributed by atoms with Gasteiger partial charge in [0, 0.05) is 23.5 Å². The predicted octanol–water partition coefficient (Wildman–Crippen LogP) is 2.58. The molecule has 114 valence electrons. The molecule has 0 spiro atoms. The van der Waals surface area contributed by atoms with Crippen molar-refractivity contribution in [2.45, 2.75) is 0 Å². The van der Waals surface area contributed by atoms with Gasteiger partial charge in [0.15, 0.2) is 5.82 Å². The van der Waals surface area contributed by atoms with Crippen LogP contribution in [0.25, 0.3) is 11.4 Å². The maximum absolute atomic E-state index is 11.2.